The zero-order chi connectivity index (χ0) is 9.94. The van der Waals surface area contributed by atoms with Crippen LogP contribution in [0.5, 0.6) is 0 Å². The lowest BCUT2D eigenvalue weighted by Gasteiger charge is -2.10. The molecule has 0 aromatic heterocycles. The molecule has 0 aliphatic carbocycles. The first-order valence-corrected chi connectivity index (χ1v) is 4.90. The molecule has 0 saturated carbocycles. The van der Waals surface area contributed by atoms with Crippen LogP contribution in [-0.4, -0.2) is 26.8 Å². The van der Waals surface area contributed by atoms with Gasteiger partial charge in [-0.25, -0.2) is 0 Å². The van der Waals surface area contributed by atoms with Crippen molar-refractivity contribution in [3.05, 3.63) is 0 Å². The van der Waals surface area contributed by atoms with E-state index < -0.39 is 0 Å². The van der Waals surface area contributed by atoms with Crippen LogP contribution >= 0.6 is 0 Å². The topological polar surface area (TPSA) is 21.3 Å². The third kappa shape index (κ3) is 9.39. The number of ether oxygens (including phenoxy) is 1. The summed E-state index contributed by atoms with van der Waals surface area (Å²) in [6.07, 6.45) is 2.20. The highest BCUT2D eigenvalue weighted by atomic mass is 16.5. The quantitative estimate of drug-likeness (QED) is 0.479. The van der Waals surface area contributed by atoms with Crippen LogP contribution in [0.25, 0.3) is 0 Å². The summed E-state index contributed by atoms with van der Waals surface area (Å²) in [4.78, 5) is 0. The molecule has 0 aromatic carbocycles. The van der Waals surface area contributed by atoms with Crippen LogP contribution in [0.4, 0.5) is 0 Å². The fourth-order valence-electron chi connectivity index (χ4n) is 1.07. The normalized spacial score (nSPS) is 11.9. The molecular weight excluding hydrogens is 162 g/mol. The Kier molecular flexibility index (Phi) is 9.18. The Labute approximate surface area is 82.1 Å². The molecule has 0 saturated heterocycles. The van der Waals surface area contributed by atoms with Gasteiger partial charge in [0.15, 0.2) is 0 Å². The van der Waals surface area contributed by atoms with Gasteiger partial charge in [0.25, 0.3) is 0 Å². The van der Waals surface area contributed by atoms with E-state index in [1.165, 1.54) is 6.42 Å². The molecule has 2 nitrogen and oxygen atoms in total. The third-order valence-electron chi connectivity index (χ3n) is 1.91. The maximum atomic E-state index is 4.94. The predicted molar refractivity (Wildman–Crippen MR) is 56.6 cm³/mol. The van der Waals surface area contributed by atoms with Gasteiger partial charge in [0, 0.05) is 20.1 Å². The van der Waals surface area contributed by atoms with E-state index in [0.29, 0.717) is 5.92 Å². The molecule has 2 heteroatoms. The lowest BCUT2D eigenvalue weighted by Crippen LogP contribution is -2.24. The van der Waals surface area contributed by atoms with Crippen molar-refractivity contribution in [3.8, 4) is 11.8 Å². The van der Waals surface area contributed by atoms with Gasteiger partial charge in [0.2, 0.25) is 0 Å². The summed E-state index contributed by atoms with van der Waals surface area (Å²) >= 11 is 0. The number of nitrogens with one attached hydrogen (secondary N) is 1. The first-order valence-electron chi connectivity index (χ1n) is 4.90. The molecule has 1 unspecified atom stereocenters. The number of hydrogen-bond acceptors (Lipinski definition) is 2. The van der Waals surface area contributed by atoms with Crippen LogP contribution in [0.15, 0.2) is 0 Å². The molecule has 0 spiro atoms. The molecule has 0 heterocycles. The van der Waals surface area contributed by atoms with Crippen molar-refractivity contribution in [1.29, 1.82) is 0 Å². The Morgan fingerprint density at radius 2 is 2.23 bits per heavy atom. The molecule has 0 aliphatic heterocycles. The summed E-state index contributed by atoms with van der Waals surface area (Å²) in [6.45, 7) is 6.94. The maximum absolute atomic E-state index is 4.94. The van der Waals surface area contributed by atoms with Gasteiger partial charge in [-0.1, -0.05) is 6.92 Å². The summed E-state index contributed by atoms with van der Waals surface area (Å²) in [5.41, 5.74) is 0. The molecular formula is C11H21NO. The van der Waals surface area contributed by atoms with Gasteiger partial charge in [-0.3, -0.25) is 0 Å². The van der Waals surface area contributed by atoms with Crippen LogP contribution in [-0.2, 0) is 4.74 Å². The second kappa shape index (κ2) is 9.57. The second-order valence-corrected chi connectivity index (χ2v) is 3.27. The Hall–Kier alpha value is -0.520. The van der Waals surface area contributed by atoms with E-state index >= 15 is 0 Å². The van der Waals surface area contributed by atoms with Crippen molar-refractivity contribution in [2.75, 3.05) is 26.8 Å². The number of methoxy groups -OCH3 is 1. The average Bonchev–Trinajstić information content (AvgIpc) is 2.13. The van der Waals surface area contributed by atoms with E-state index in [1.807, 2.05) is 6.92 Å². The minimum absolute atomic E-state index is 0.706. The Balaban J connectivity index is 3.18. The molecule has 76 valence electrons. The van der Waals surface area contributed by atoms with Gasteiger partial charge in [-0.15, -0.1) is 11.8 Å². The summed E-state index contributed by atoms with van der Waals surface area (Å²) in [7, 11) is 1.72. The summed E-state index contributed by atoms with van der Waals surface area (Å²) < 4.78 is 4.94. The van der Waals surface area contributed by atoms with Crippen LogP contribution in [0.3, 0.4) is 0 Å². The van der Waals surface area contributed by atoms with E-state index in [1.54, 1.807) is 7.11 Å². The van der Waals surface area contributed by atoms with Gasteiger partial charge < -0.3 is 10.1 Å². The molecule has 0 radical (unpaired) electrons. The van der Waals surface area contributed by atoms with Crippen molar-refractivity contribution in [2.24, 2.45) is 5.92 Å². The monoisotopic (exact) mass is 183 g/mol. The SMILES string of the molecule is CC#CCCC(C)CNCCOC. The summed E-state index contributed by atoms with van der Waals surface area (Å²) in [5, 5.41) is 3.34. The van der Waals surface area contributed by atoms with Crippen molar-refractivity contribution < 1.29 is 4.74 Å². The van der Waals surface area contributed by atoms with Gasteiger partial charge in [0.1, 0.15) is 0 Å². The standard InChI is InChI=1S/C11H21NO/c1-4-5-6-7-11(2)10-12-8-9-13-3/h11-12H,6-10H2,1-3H3. The smallest absolute Gasteiger partial charge is 0.0587 e. The lowest BCUT2D eigenvalue weighted by molar-refractivity contribution is 0.198. The minimum Gasteiger partial charge on any atom is -0.383 e. The molecule has 1 atom stereocenters. The molecule has 0 rings (SSSR count). The molecule has 1 N–H and O–H groups in total. The molecule has 0 aromatic rings. The zero-order valence-electron chi connectivity index (χ0n) is 9.02. The molecule has 0 fully saturated rings. The molecule has 0 aliphatic rings. The van der Waals surface area contributed by atoms with Crippen molar-refractivity contribution in [2.45, 2.75) is 26.7 Å². The fourth-order valence-corrected chi connectivity index (χ4v) is 1.07. The second-order valence-electron chi connectivity index (χ2n) is 3.27. The summed E-state index contributed by atoms with van der Waals surface area (Å²) in [6, 6.07) is 0. The summed E-state index contributed by atoms with van der Waals surface area (Å²) in [5.74, 6) is 6.69. The highest BCUT2D eigenvalue weighted by Gasteiger charge is 1.99. The van der Waals surface area contributed by atoms with E-state index in [2.05, 4.69) is 24.1 Å². The van der Waals surface area contributed by atoms with E-state index in [9.17, 15) is 0 Å². The van der Waals surface area contributed by atoms with Crippen LogP contribution in [0, 0.1) is 17.8 Å². The zero-order valence-corrected chi connectivity index (χ0v) is 9.02. The van der Waals surface area contributed by atoms with E-state index in [0.717, 1.165) is 26.1 Å². The highest BCUT2D eigenvalue weighted by Crippen LogP contribution is 2.02. The average molecular weight is 183 g/mol. The van der Waals surface area contributed by atoms with Crippen molar-refractivity contribution >= 4 is 0 Å². The van der Waals surface area contributed by atoms with Gasteiger partial charge in [-0.2, -0.15) is 0 Å². The minimum atomic E-state index is 0.706. The largest absolute Gasteiger partial charge is 0.383 e. The third-order valence-corrected chi connectivity index (χ3v) is 1.91. The van der Waals surface area contributed by atoms with Crippen molar-refractivity contribution in [3.63, 3.8) is 0 Å². The van der Waals surface area contributed by atoms with Crippen LogP contribution in [0.1, 0.15) is 26.7 Å². The molecule has 0 amide bonds. The predicted octanol–water partition coefficient (Wildman–Crippen LogP) is 1.66. The first-order chi connectivity index (χ1) is 6.31. The van der Waals surface area contributed by atoms with Gasteiger partial charge in [0.05, 0.1) is 6.61 Å². The Bertz CT molecular complexity index is 157. The van der Waals surface area contributed by atoms with Gasteiger partial charge >= 0.3 is 0 Å². The number of hydrogen-bond donors (Lipinski definition) is 1. The van der Waals surface area contributed by atoms with E-state index in [4.69, 9.17) is 4.74 Å². The van der Waals surface area contributed by atoms with Crippen LogP contribution in [0.2, 0.25) is 0 Å². The number of rotatable bonds is 7. The molecule has 0 bridgehead atoms. The Morgan fingerprint density at radius 1 is 1.46 bits per heavy atom. The fraction of sp³-hybridized carbons (Fsp3) is 0.818. The highest BCUT2D eigenvalue weighted by molar-refractivity contribution is 4.94. The van der Waals surface area contributed by atoms with E-state index in [-0.39, 0.29) is 0 Å². The van der Waals surface area contributed by atoms with Gasteiger partial charge in [-0.05, 0) is 25.8 Å². The maximum Gasteiger partial charge on any atom is 0.0587 e. The molecule has 13 heavy (non-hydrogen) atoms. The lowest BCUT2D eigenvalue weighted by atomic mass is 10.1. The van der Waals surface area contributed by atoms with Crippen molar-refractivity contribution in [1.82, 2.24) is 5.32 Å². The van der Waals surface area contributed by atoms with Crippen LogP contribution < -0.4 is 5.32 Å². The first kappa shape index (κ1) is 12.5. The Morgan fingerprint density at radius 3 is 2.85 bits per heavy atom.